The van der Waals surface area contributed by atoms with Crippen LogP contribution in [0, 0.1) is 0 Å². The van der Waals surface area contributed by atoms with Gasteiger partial charge in [0.25, 0.3) is 0 Å². The van der Waals surface area contributed by atoms with Crippen molar-refractivity contribution in [3.05, 3.63) is 0 Å². The van der Waals surface area contributed by atoms with Crippen molar-refractivity contribution >= 4 is 11.8 Å². The maximum absolute atomic E-state index is 11.9. The van der Waals surface area contributed by atoms with Crippen molar-refractivity contribution in [2.45, 2.75) is 45.2 Å². The van der Waals surface area contributed by atoms with E-state index in [1.807, 2.05) is 25.7 Å². The van der Waals surface area contributed by atoms with Crippen molar-refractivity contribution in [1.29, 1.82) is 0 Å². The van der Waals surface area contributed by atoms with E-state index in [2.05, 4.69) is 10.6 Å². The van der Waals surface area contributed by atoms with Crippen LogP contribution in [0.4, 0.5) is 0 Å². The summed E-state index contributed by atoms with van der Waals surface area (Å²) in [6.45, 7) is 7.06. The van der Waals surface area contributed by atoms with Crippen molar-refractivity contribution < 1.29 is 9.59 Å². The Hall–Kier alpha value is -1.10. The van der Waals surface area contributed by atoms with E-state index >= 15 is 0 Å². The minimum atomic E-state index is -0.638. The predicted octanol–water partition coefficient (Wildman–Crippen LogP) is 0.112. The van der Waals surface area contributed by atoms with Crippen LogP contribution in [-0.4, -0.2) is 48.4 Å². The molecule has 1 rings (SSSR count). The molecule has 0 saturated carbocycles. The van der Waals surface area contributed by atoms with Gasteiger partial charge in [0.15, 0.2) is 0 Å². The van der Waals surface area contributed by atoms with E-state index in [9.17, 15) is 9.59 Å². The Balaban J connectivity index is 2.81. The van der Waals surface area contributed by atoms with E-state index in [0.29, 0.717) is 6.54 Å². The van der Waals surface area contributed by atoms with Crippen molar-refractivity contribution in [3.8, 4) is 0 Å². The lowest BCUT2D eigenvalue weighted by atomic mass is 10.00. The summed E-state index contributed by atoms with van der Waals surface area (Å²) in [6.07, 6.45) is 1.79. The second-order valence-electron chi connectivity index (χ2n) is 4.88. The third-order valence-corrected chi connectivity index (χ3v) is 3.41. The molecule has 0 bridgehead atoms. The molecule has 1 atom stereocenters. The Morgan fingerprint density at radius 2 is 2.06 bits per heavy atom. The van der Waals surface area contributed by atoms with E-state index in [1.54, 1.807) is 7.05 Å². The zero-order valence-electron chi connectivity index (χ0n) is 11.2. The number of amides is 2. The van der Waals surface area contributed by atoms with Crippen molar-refractivity contribution in [1.82, 2.24) is 15.5 Å². The fourth-order valence-corrected chi connectivity index (χ4v) is 2.44. The van der Waals surface area contributed by atoms with Gasteiger partial charge in [-0.1, -0.05) is 0 Å². The minimum Gasteiger partial charge on any atom is -0.358 e. The van der Waals surface area contributed by atoms with E-state index in [0.717, 1.165) is 19.4 Å². The van der Waals surface area contributed by atoms with Gasteiger partial charge in [-0.2, -0.15) is 0 Å². The van der Waals surface area contributed by atoms with Gasteiger partial charge in [-0.25, -0.2) is 0 Å². The molecule has 0 radical (unpaired) electrons. The third-order valence-electron chi connectivity index (χ3n) is 3.41. The van der Waals surface area contributed by atoms with Crippen LogP contribution in [0.25, 0.3) is 0 Å². The monoisotopic (exact) mass is 241 g/mol. The normalized spacial score (nSPS) is 21.3. The molecule has 1 aliphatic heterocycles. The van der Waals surface area contributed by atoms with Gasteiger partial charge in [0, 0.05) is 20.1 Å². The number of carbonyl (C=O) groups is 2. The molecule has 1 unspecified atom stereocenters. The molecule has 0 aliphatic carbocycles. The zero-order valence-corrected chi connectivity index (χ0v) is 11.2. The second kappa shape index (κ2) is 5.49. The van der Waals surface area contributed by atoms with Gasteiger partial charge < -0.3 is 10.6 Å². The number of hydrogen-bond acceptors (Lipinski definition) is 3. The number of likely N-dealkylation sites (tertiary alicyclic amines) is 1. The molecule has 1 fully saturated rings. The molecule has 0 aromatic carbocycles. The number of carbonyl (C=O) groups excluding carboxylic acids is 2. The Kier molecular flexibility index (Phi) is 4.51. The largest absolute Gasteiger partial charge is 0.358 e. The second-order valence-corrected chi connectivity index (χ2v) is 4.88. The highest BCUT2D eigenvalue weighted by Gasteiger charge is 2.43. The number of nitrogens with one attached hydrogen (secondary N) is 2. The molecule has 2 N–H and O–H groups in total. The molecule has 98 valence electrons. The quantitative estimate of drug-likeness (QED) is 0.734. The summed E-state index contributed by atoms with van der Waals surface area (Å²) in [7, 11) is 1.63. The van der Waals surface area contributed by atoms with Crippen LogP contribution in [0.2, 0.25) is 0 Å². The van der Waals surface area contributed by atoms with E-state index < -0.39 is 5.54 Å². The SMILES string of the molecule is CCNC(=O)C1CCCN1C(C)(C)C(=O)NC. The van der Waals surface area contributed by atoms with Crippen LogP contribution in [0.5, 0.6) is 0 Å². The van der Waals surface area contributed by atoms with Gasteiger partial charge in [-0.3, -0.25) is 14.5 Å². The molecular weight excluding hydrogens is 218 g/mol. The van der Waals surface area contributed by atoms with Gasteiger partial charge in [0.05, 0.1) is 11.6 Å². The lowest BCUT2D eigenvalue weighted by Crippen LogP contribution is -2.58. The first kappa shape index (κ1) is 14.0. The summed E-state index contributed by atoms with van der Waals surface area (Å²) < 4.78 is 0. The van der Waals surface area contributed by atoms with Gasteiger partial charge in [0.1, 0.15) is 0 Å². The molecule has 2 amide bonds. The Bertz CT molecular complexity index is 302. The Morgan fingerprint density at radius 3 is 2.59 bits per heavy atom. The summed E-state index contributed by atoms with van der Waals surface area (Å²) in [5, 5.41) is 5.50. The summed E-state index contributed by atoms with van der Waals surface area (Å²) >= 11 is 0. The van der Waals surface area contributed by atoms with Crippen LogP contribution in [0.3, 0.4) is 0 Å². The molecular formula is C12H23N3O2. The Labute approximate surface area is 103 Å². The van der Waals surface area contributed by atoms with Gasteiger partial charge >= 0.3 is 0 Å². The number of likely N-dealkylation sites (N-methyl/N-ethyl adjacent to an activating group) is 2. The molecule has 5 nitrogen and oxygen atoms in total. The van der Waals surface area contributed by atoms with E-state index in [4.69, 9.17) is 0 Å². The van der Waals surface area contributed by atoms with Crippen LogP contribution in [-0.2, 0) is 9.59 Å². The smallest absolute Gasteiger partial charge is 0.239 e. The highest BCUT2D eigenvalue weighted by molar-refractivity contribution is 5.87. The fourth-order valence-electron chi connectivity index (χ4n) is 2.44. The molecule has 17 heavy (non-hydrogen) atoms. The average Bonchev–Trinajstić information content (AvgIpc) is 2.77. The number of hydrogen-bond donors (Lipinski definition) is 2. The summed E-state index contributed by atoms with van der Waals surface area (Å²) in [5.74, 6) is -0.0179. The van der Waals surface area contributed by atoms with Crippen LogP contribution in [0.15, 0.2) is 0 Å². The maximum atomic E-state index is 11.9. The number of nitrogens with zero attached hydrogens (tertiary/aromatic N) is 1. The van der Waals surface area contributed by atoms with Crippen LogP contribution in [0.1, 0.15) is 33.6 Å². The van der Waals surface area contributed by atoms with Crippen molar-refractivity contribution in [2.75, 3.05) is 20.1 Å². The number of rotatable bonds is 4. The molecule has 0 spiro atoms. The first-order chi connectivity index (χ1) is 7.95. The minimum absolute atomic E-state index is 0.0296. The third kappa shape index (κ3) is 2.77. The highest BCUT2D eigenvalue weighted by atomic mass is 16.2. The topological polar surface area (TPSA) is 61.4 Å². The average molecular weight is 241 g/mol. The van der Waals surface area contributed by atoms with Crippen LogP contribution < -0.4 is 10.6 Å². The lowest BCUT2D eigenvalue weighted by Gasteiger charge is -2.37. The Morgan fingerprint density at radius 1 is 1.41 bits per heavy atom. The maximum Gasteiger partial charge on any atom is 0.239 e. The fraction of sp³-hybridized carbons (Fsp3) is 0.833. The lowest BCUT2D eigenvalue weighted by molar-refractivity contribution is -0.135. The van der Waals surface area contributed by atoms with Crippen molar-refractivity contribution in [2.24, 2.45) is 0 Å². The highest BCUT2D eigenvalue weighted by Crippen LogP contribution is 2.27. The summed E-state index contributed by atoms with van der Waals surface area (Å²) in [5.41, 5.74) is -0.638. The first-order valence-electron chi connectivity index (χ1n) is 6.21. The molecule has 1 saturated heterocycles. The summed E-state index contributed by atoms with van der Waals surface area (Å²) in [6, 6.07) is -0.178. The van der Waals surface area contributed by atoms with Crippen LogP contribution >= 0.6 is 0 Å². The predicted molar refractivity (Wildman–Crippen MR) is 66.6 cm³/mol. The molecule has 1 aliphatic rings. The standard InChI is InChI=1S/C12H23N3O2/c1-5-14-10(16)9-7-6-8-15(9)12(2,3)11(17)13-4/h9H,5-8H2,1-4H3,(H,13,17)(H,14,16). The van der Waals surface area contributed by atoms with E-state index in [-0.39, 0.29) is 17.9 Å². The summed E-state index contributed by atoms with van der Waals surface area (Å²) in [4.78, 5) is 25.8. The molecule has 0 aromatic heterocycles. The van der Waals surface area contributed by atoms with Gasteiger partial charge in [0.2, 0.25) is 11.8 Å². The zero-order chi connectivity index (χ0) is 13.1. The van der Waals surface area contributed by atoms with Crippen molar-refractivity contribution in [3.63, 3.8) is 0 Å². The van der Waals surface area contributed by atoms with Gasteiger partial charge in [-0.05, 0) is 33.6 Å². The van der Waals surface area contributed by atoms with E-state index in [1.165, 1.54) is 0 Å². The first-order valence-corrected chi connectivity index (χ1v) is 6.21. The molecule has 0 aromatic rings. The van der Waals surface area contributed by atoms with Gasteiger partial charge in [-0.15, -0.1) is 0 Å². The molecule has 5 heteroatoms. The molecule has 1 heterocycles.